The number of amides is 1. The highest BCUT2D eigenvalue weighted by Gasteiger charge is 2.45. The lowest BCUT2D eigenvalue weighted by atomic mass is 10.1. The van der Waals surface area contributed by atoms with E-state index in [-0.39, 0.29) is 5.91 Å². The summed E-state index contributed by atoms with van der Waals surface area (Å²) in [5.74, 6) is 0.886. The number of fused-ring (bicyclic) bond motifs is 1. The predicted molar refractivity (Wildman–Crippen MR) is 69.9 cm³/mol. The molecule has 90 valence electrons. The topological polar surface area (TPSA) is 41.1 Å². The fraction of sp³-hybridized carbons (Fsp3) is 0.462. The van der Waals surface area contributed by atoms with Crippen LogP contribution in [0.5, 0.6) is 0 Å². The molecule has 4 heteroatoms. The number of hydrogen-bond donors (Lipinski definition) is 2. The summed E-state index contributed by atoms with van der Waals surface area (Å²) in [6.45, 7) is 0.734. The predicted octanol–water partition coefficient (Wildman–Crippen LogP) is 1.93. The number of halogens is 1. The maximum atomic E-state index is 11.9. The summed E-state index contributed by atoms with van der Waals surface area (Å²) in [7, 11) is 0. The van der Waals surface area contributed by atoms with Crippen LogP contribution in [0.1, 0.15) is 23.2 Å². The lowest BCUT2D eigenvalue weighted by Crippen LogP contribution is -2.38. The van der Waals surface area contributed by atoms with Gasteiger partial charge in [-0.15, -0.1) is 0 Å². The molecule has 1 saturated heterocycles. The molecule has 0 spiro atoms. The minimum atomic E-state index is 0.00803. The molecule has 0 radical (unpaired) electrons. The van der Waals surface area contributed by atoms with Crippen LogP contribution in [-0.2, 0) is 0 Å². The Bertz CT molecular complexity index is 439. The Labute approximate surface area is 109 Å². The first kappa shape index (κ1) is 11.2. The molecule has 1 saturated carbocycles. The van der Waals surface area contributed by atoms with Crippen LogP contribution in [0, 0.1) is 5.92 Å². The Morgan fingerprint density at radius 3 is 3.06 bits per heavy atom. The van der Waals surface area contributed by atoms with E-state index in [4.69, 9.17) is 0 Å². The van der Waals surface area contributed by atoms with Gasteiger partial charge in [0.05, 0.1) is 0 Å². The van der Waals surface area contributed by atoms with Gasteiger partial charge in [0.15, 0.2) is 0 Å². The third-order valence-electron chi connectivity index (χ3n) is 3.56. The summed E-state index contributed by atoms with van der Waals surface area (Å²) in [6, 6.07) is 8.68. The molecule has 17 heavy (non-hydrogen) atoms. The van der Waals surface area contributed by atoms with Crippen LogP contribution in [0.4, 0.5) is 0 Å². The molecule has 1 amide bonds. The number of benzene rings is 1. The number of carbonyl (C=O) groups is 1. The van der Waals surface area contributed by atoms with Gasteiger partial charge >= 0.3 is 0 Å². The summed E-state index contributed by atoms with van der Waals surface area (Å²) in [5, 5.41) is 6.51. The summed E-state index contributed by atoms with van der Waals surface area (Å²) in [4.78, 5) is 11.9. The van der Waals surface area contributed by atoms with Crippen LogP contribution in [-0.4, -0.2) is 24.5 Å². The van der Waals surface area contributed by atoms with Crippen molar-refractivity contribution < 1.29 is 4.79 Å². The van der Waals surface area contributed by atoms with Crippen molar-refractivity contribution in [3.8, 4) is 0 Å². The Balaban J connectivity index is 1.53. The van der Waals surface area contributed by atoms with Crippen molar-refractivity contribution in [2.75, 3.05) is 6.54 Å². The standard InChI is InChI=1S/C13H15BrN2O/c14-10-3-1-2-8(4-10)13(17)15-7-11-5-9-6-12(9)16-11/h1-4,9,11-12,16H,5-7H2,(H,15,17)/t9-,11+,12+/m1/s1. The van der Waals surface area contributed by atoms with Crippen LogP contribution >= 0.6 is 15.9 Å². The van der Waals surface area contributed by atoms with E-state index in [0.717, 1.165) is 23.0 Å². The molecule has 3 nitrogen and oxygen atoms in total. The van der Waals surface area contributed by atoms with Crippen molar-refractivity contribution >= 4 is 21.8 Å². The van der Waals surface area contributed by atoms with E-state index in [1.165, 1.54) is 12.8 Å². The molecule has 1 aliphatic heterocycles. The molecular formula is C13H15BrN2O. The van der Waals surface area contributed by atoms with E-state index in [1.54, 1.807) is 0 Å². The summed E-state index contributed by atoms with van der Waals surface area (Å²) < 4.78 is 0.936. The van der Waals surface area contributed by atoms with Crippen molar-refractivity contribution in [1.82, 2.24) is 10.6 Å². The van der Waals surface area contributed by atoms with Crippen LogP contribution in [0.2, 0.25) is 0 Å². The Kier molecular flexibility index (Phi) is 2.92. The highest BCUT2D eigenvalue weighted by atomic mass is 79.9. The van der Waals surface area contributed by atoms with Crippen molar-refractivity contribution in [3.05, 3.63) is 34.3 Å². The van der Waals surface area contributed by atoms with Crippen molar-refractivity contribution in [1.29, 1.82) is 0 Å². The van der Waals surface area contributed by atoms with Gasteiger partial charge < -0.3 is 10.6 Å². The molecule has 0 bridgehead atoms. The van der Waals surface area contributed by atoms with E-state index < -0.39 is 0 Å². The highest BCUT2D eigenvalue weighted by Crippen LogP contribution is 2.40. The smallest absolute Gasteiger partial charge is 0.251 e. The molecule has 3 rings (SSSR count). The molecule has 2 fully saturated rings. The van der Waals surface area contributed by atoms with Gasteiger partial charge in [0.1, 0.15) is 0 Å². The first-order valence-corrected chi connectivity index (χ1v) is 6.81. The van der Waals surface area contributed by atoms with Gasteiger partial charge in [-0.2, -0.15) is 0 Å². The van der Waals surface area contributed by atoms with E-state index in [9.17, 15) is 4.79 Å². The van der Waals surface area contributed by atoms with Gasteiger partial charge in [-0.25, -0.2) is 0 Å². The second-order valence-electron chi connectivity index (χ2n) is 4.92. The quantitative estimate of drug-likeness (QED) is 0.894. The average molecular weight is 295 g/mol. The normalized spacial score (nSPS) is 29.8. The van der Waals surface area contributed by atoms with Crippen molar-refractivity contribution in [2.45, 2.75) is 24.9 Å². The third kappa shape index (κ3) is 2.53. The molecule has 2 aliphatic rings. The summed E-state index contributed by atoms with van der Waals surface area (Å²) in [5.41, 5.74) is 0.711. The maximum absolute atomic E-state index is 11.9. The fourth-order valence-corrected chi connectivity index (χ4v) is 2.94. The Morgan fingerprint density at radius 2 is 2.35 bits per heavy atom. The van der Waals surface area contributed by atoms with E-state index in [1.807, 2.05) is 24.3 Å². The molecule has 1 aromatic rings. The molecule has 0 unspecified atom stereocenters. The van der Waals surface area contributed by atoms with Crippen LogP contribution in [0.3, 0.4) is 0 Å². The van der Waals surface area contributed by atoms with Gasteiger partial charge in [-0.1, -0.05) is 22.0 Å². The van der Waals surface area contributed by atoms with Crippen LogP contribution < -0.4 is 10.6 Å². The SMILES string of the molecule is O=C(NC[C@@H]1C[C@@H]2C[C@@H]2N1)c1cccc(Br)c1. The maximum Gasteiger partial charge on any atom is 0.251 e. The zero-order chi connectivity index (χ0) is 11.8. The van der Waals surface area contributed by atoms with Gasteiger partial charge in [0.2, 0.25) is 0 Å². The van der Waals surface area contributed by atoms with Crippen molar-refractivity contribution in [3.63, 3.8) is 0 Å². The first-order chi connectivity index (χ1) is 8.22. The molecule has 3 atom stereocenters. The highest BCUT2D eigenvalue weighted by molar-refractivity contribution is 9.10. The van der Waals surface area contributed by atoms with E-state index in [0.29, 0.717) is 11.6 Å². The summed E-state index contributed by atoms with van der Waals surface area (Å²) in [6.07, 6.45) is 2.54. The minimum absolute atomic E-state index is 0.00803. The Morgan fingerprint density at radius 1 is 1.47 bits per heavy atom. The van der Waals surface area contributed by atoms with Gasteiger partial charge in [0.25, 0.3) is 5.91 Å². The van der Waals surface area contributed by atoms with Gasteiger partial charge in [-0.05, 0) is 37.0 Å². The van der Waals surface area contributed by atoms with Crippen molar-refractivity contribution in [2.24, 2.45) is 5.92 Å². The zero-order valence-corrected chi connectivity index (χ0v) is 11.0. The van der Waals surface area contributed by atoms with Crippen LogP contribution in [0.15, 0.2) is 28.7 Å². The van der Waals surface area contributed by atoms with E-state index in [2.05, 4.69) is 26.6 Å². The fourth-order valence-electron chi connectivity index (χ4n) is 2.54. The first-order valence-electron chi connectivity index (χ1n) is 6.02. The van der Waals surface area contributed by atoms with Gasteiger partial charge in [0, 0.05) is 28.7 Å². The molecule has 1 heterocycles. The number of nitrogens with one attached hydrogen (secondary N) is 2. The third-order valence-corrected chi connectivity index (χ3v) is 4.05. The number of rotatable bonds is 3. The number of carbonyl (C=O) groups excluding carboxylic acids is 1. The lowest BCUT2D eigenvalue weighted by Gasteiger charge is -2.14. The second kappa shape index (κ2) is 4.42. The van der Waals surface area contributed by atoms with Crippen LogP contribution in [0.25, 0.3) is 0 Å². The number of piperidine rings is 1. The molecule has 1 aromatic carbocycles. The monoisotopic (exact) mass is 294 g/mol. The van der Waals surface area contributed by atoms with Gasteiger partial charge in [-0.3, -0.25) is 4.79 Å². The molecule has 1 aliphatic carbocycles. The Hall–Kier alpha value is -0.870. The number of hydrogen-bond acceptors (Lipinski definition) is 2. The molecule has 0 aromatic heterocycles. The summed E-state index contributed by atoms with van der Waals surface area (Å²) >= 11 is 3.37. The zero-order valence-electron chi connectivity index (χ0n) is 9.45. The van der Waals surface area contributed by atoms with E-state index >= 15 is 0 Å². The second-order valence-corrected chi connectivity index (χ2v) is 5.84. The molecular weight excluding hydrogens is 280 g/mol. The average Bonchev–Trinajstić information content (AvgIpc) is 2.94. The largest absolute Gasteiger partial charge is 0.350 e. The lowest BCUT2D eigenvalue weighted by molar-refractivity contribution is 0.0949. The minimum Gasteiger partial charge on any atom is -0.350 e. The molecule has 2 N–H and O–H groups in total.